The van der Waals surface area contributed by atoms with Crippen LogP contribution in [-0.4, -0.2) is 37.2 Å². The fourth-order valence-electron chi connectivity index (χ4n) is 10.3. The molecule has 470 valence electrons. The number of hydrogen-bond acceptors (Lipinski definition) is 6. The van der Waals surface area contributed by atoms with Crippen LogP contribution in [0.5, 0.6) is 0 Å². The maximum atomic E-state index is 13.0. The van der Waals surface area contributed by atoms with Crippen LogP contribution in [0.15, 0.2) is 72.9 Å². The standard InChI is InChI=1S/C75H134O6/c1-4-7-10-13-16-19-22-25-28-31-33-35-36-37-38-40-41-44-47-50-53-56-59-62-65-68-74(77)80-71-72(70-79-73(76)67-64-61-58-55-52-49-46-43-30-27-24-21-18-15-12-9-6-3)81-75(78)69-66-63-60-57-54-51-48-45-42-39-34-32-29-26-23-20-17-14-11-8-5-2/h22-23,25-27,30-34,36-37,72H,4-21,24,28-29,35,38-71H2,1-3H3/b25-22-,26-23-,30-27-,33-31-,34-32-,37-36-. The zero-order valence-corrected chi connectivity index (χ0v) is 54.1. The summed E-state index contributed by atoms with van der Waals surface area (Å²) in [5.41, 5.74) is 0. The van der Waals surface area contributed by atoms with E-state index in [-0.39, 0.29) is 31.1 Å². The molecule has 0 amide bonds. The van der Waals surface area contributed by atoms with E-state index >= 15 is 0 Å². The summed E-state index contributed by atoms with van der Waals surface area (Å²) in [4.78, 5) is 38.5. The number of hydrogen-bond donors (Lipinski definition) is 0. The number of allylic oxidation sites excluding steroid dienone is 12. The van der Waals surface area contributed by atoms with Gasteiger partial charge in [0.25, 0.3) is 0 Å². The number of esters is 3. The minimum absolute atomic E-state index is 0.0785. The fourth-order valence-corrected chi connectivity index (χ4v) is 10.3. The van der Waals surface area contributed by atoms with Gasteiger partial charge in [0.05, 0.1) is 0 Å². The molecule has 0 aromatic heterocycles. The van der Waals surface area contributed by atoms with Gasteiger partial charge in [-0.1, -0.05) is 306 Å². The lowest BCUT2D eigenvalue weighted by Gasteiger charge is -2.18. The third-order valence-electron chi connectivity index (χ3n) is 15.7. The Bertz CT molecular complexity index is 1490. The maximum absolute atomic E-state index is 13.0. The van der Waals surface area contributed by atoms with E-state index in [0.717, 1.165) is 77.0 Å². The molecular formula is C75H134O6. The van der Waals surface area contributed by atoms with Crippen molar-refractivity contribution in [3.05, 3.63) is 72.9 Å². The average molecular weight is 1130 g/mol. The number of rotatable bonds is 65. The molecule has 0 aromatic carbocycles. The van der Waals surface area contributed by atoms with Crippen LogP contribution in [0, 0.1) is 0 Å². The van der Waals surface area contributed by atoms with Crippen LogP contribution in [0.1, 0.15) is 367 Å². The van der Waals surface area contributed by atoms with Crippen LogP contribution in [0.25, 0.3) is 0 Å². The molecule has 0 bridgehead atoms. The Morgan fingerprint density at radius 1 is 0.247 bits per heavy atom. The molecule has 0 aliphatic heterocycles. The van der Waals surface area contributed by atoms with E-state index in [1.807, 2.05) is 0 Å². The SMILES string of the molecule is CCCCCCC/C=C\C/C=C\C/C=C\CCCCCCCCCCCCC(=O)OCC(COC(=O)CCCCCCCCC/C=C\CCCCCCCC)OC(=O)CCCCCCCCCCC/C=C\C/C=C\CCCCCCC. The molecule has 0 aliphatic carbocycles. The summed E-state index contributed by atoms with van der Waals surface area (Å²) in [5, 5.41) is 0. The molecule has 1 unspecified atom stereocenters. The topological polar surface area (TPSA) is 78.9 Å². The predicted molar refractivity (Wildman–Crippen MR) is 353 cm³/mol. The summed E-state index contributed by atoms with van der Waals surface area (Å²) < 4.78 is 17.0. The van der Waals surface area contributed by atoms with Crippen LogP contribution in [-0.2, 0) is 28.6 Å². The highest BCUT2D eigenvalue weighted by Gasteiger charge is 2.19. The van der Waals surface area contributed by atoms with Crippen molar-refractivity contribution in [1.29, 1.82) is 0 Å². The van der Waals surface area contributed by atoms with Gasteiger partial charge >= 0.3 is 17.9 Å². The van der Waals surface area contributed by atoms with Crippen molar-refractivity contribution in [3.63, 3.8) is 0 Å². The third kappa shape index (κ3) is 67.5. The molecule has 1 atom stereocenters. The van der Waals surface area contributed by atoms with Gasteiger partial charge in [-0.25, -0.2) is 0 Å². The van der Waals surface area contributed by atoms with Gasteiger partial charge in [0.15, 0.2) is 6.10 Å². The normalized spacial score (nSPS) is 12.5. The molecule has 6 nitrogen and oxygen atoms in total. The quantitative estimate of drug-likeness (QED) is 0.0261. The van der Waals surface area contributed by atoms with Gasteiger partial charge in [0.1, 0.15) is 13.2 Å². The summed E-state index contributed by atoms with van der Waals surface area (Å²) >= 11 is 0. The second kappa shape index (κ2) is 69.3. The molecule has 0 saturated heterocycles. The molecule has 0 aliphatic rings. The number of carbonyl (C=O) groups is 3. The highest BCUT2D eigenvalue weighted by Crippen LogP contribution is 2.17. The second-order valence-electron chi connectivity index (χ2n) is 23.8. The predicted octanol–water partition coefficient (Wildman–Crippen LogP) is 24.4. The van der Waals surface area contributed by atoms with Crippen molar-refractivity contribution >= 4 is 17.9 Å². The van der Waals surface area contributed by atoms with Gasteiger partial charge in [0.2, 0.25) is 0 Å². The fraction of sp³-hybridized carbons (Fsp3) is 0.800. The summed E-state index contributed by atoms with van der Waals surface area (Å²) in [5.74, 6) is -0.870. The Kier molecular flexibility index (Phi) is 66.6. The van der Waals surface area contributed by atoms with Crippen molar-refractivity contribution in [2.75, 3.05) is 13.2 Å². The molecule has 0 heterocycles. The van der Waals surface area contributed by atoms with Gasteiger partial charge in [-0.05, 0) is 116 Å². The Morgan fingerprint density at radius 2 is 0.444 bits per heavy atom. The minimum atomic E-state index is -0.783. The average Bonchev–Trinajstić information content (AvgIpc) is 3.47. The van der Waals surface area contributed by atoms with Gasteiger partial charge in [-0.15, -0.1) is 0 Å². The maximum Gasteiger partial charge on any atom is 0.306 e. The summed E-state index contributed by atoms with van der Waals surface area (Å²) in [6.07, 6.45) is 90.6. The smallest absolute Gasteiger partial charge is 0.306 e. The molecule has 0 spiro atoms. The van der Waals surface area contributed by atoms with Crippen molar-refractivity contribution in [2.45, 2.75) is 374 Å². The van der Waals surface area contributed by atoms with E-state index in [2.05, 4.69) is 93.7 Å². The lowest BCUT2D eigenvalue weighted by Crippen LogP contribution is -2.30. The van der Waals surface area contributed by atoms with E-state index in [1.165, 1.54) is 250 Å². The Morgan fingerprint density at radius 3 is 0.704 bits per heavy atom. The van der Waals surface area contributed by atoms with E-state index in [0.29, 0.717) is 19.3 Å². The molecule has 0 aromatic rings. The van der Waals surface area contributed by atoms with Gasteiger partial charge in [0, 0.05) is 19.3 Å². The zero-order valence-electron chi connectivity index (χ0n) is 54.1. The van der Waals surface area contributed by atoms with Crippen molar-refractivity contribution in [1.82, 2.24) is 0 Å². The Hall–Kier alpha value is -3.15. The van der Waals surface area contributed by atoms with Crippen molar-refractivity contribution in [2.24, 2.45) is 0 Å². The summed E-state index contributed by atoms with van der Waals surface area (Å²) in [6, 6.07) is 0. The summed E-state index contributed by atoms with van der Waals surface area (Å²) in [7, 11) is 0. The van der Waals surface area contributed by atoms with E-state index in [1.54, 1.807) is 0 Å². The number of ether oxygens (including phenoxy) is 3. The first-order valence-electron chi connectivity index (χ1n) is 35.4. The Balaban J connectivity index is 4.36. The van der Waals surface area contributed by atoms with E-state index in [4.69, 9.17) is 14.2 Å². The van der Waals surface area contributed by atoms with Gasteiger partial charge in [-0.3, -0.25) is 14.4 Å². The minimum Gasteiger partial charge on any atom is -0.462 e. The summed E-state index contributed by atoms with van der Waals surface area (Å²) in [6.45, 7) is 6.66. The Labute approximate surface area is 503 Å². The van der Waals surface area contributed by atoms with Crippen LogP contribution < -0.4 is 0 Å². The molecule has 0 rings (SSSR count). The van der Waals surface area contributed by atoms with Crippen molar-refractivity contribution in [3.8, 4) is 0 Å². The van der Waals surface area contributed by atoms with Gasteiger partial charge < -0.3 is 14.2 Å². The lowest BCUT2D eigenvalue weighted by atomic mass is 10.0. The number of carbonyl (C=O) groups excluding carboxylic acids is 3. The molecule has 81 heavy (non-hydrogen) atoms. The molecule has 0 fully saturated rings. The first kappa shape index (κ1) is 77.9. The first-order chi connectivity index (χ1) is 40.0. The molecule has 0 saturated carbocycles. The van der Waals surface area contributed by atoms with Crippen LogP contribution in [0.3, 0.4) is 0 Å². The first-order valence-corrected chi connectivity index (χ1v) is 35.4. The number of unbranched alkanes of at least 4 members (excludes halogenated alkanes) is 42. The molecule has 0 radical (unpaired) electrons. The molecule has 6 heteroatoms. The highest BCUT2D eigenvalue weighted by molar-refractivity contribution is 5.71. The highest BCUT2D eigenvalue weighted by atomic mass is 16.6. The zero-order chi connectivity index (χ0) is 58.5. The van der Waals surface area contributed by atoms with Crippen LogP contribution >= 0.6 is 0 Å². The van der Waals surface area contributed by atoms with Crippen LogP contribution in [0.4, 0.5) is 0 Å². The van der Waals surface area contributed by atoms with Crippen molar-refractivity contribution < 1.29 is 28.6 Å². The monoisotopic (exact) mass is 1130 g/mol. The largest absolute Gasteiger partial charge is 0.462 e. The second-order valence-corrected chi connectivity index (χ2v) is 23.8. The molecular weight excluding hydrogens is 997 g/mol. The van der Waals surface area contributed by atoms with E-state index in [9.17, 15) is 14.4 Å². The molecule has 0 N–H and O–H groups in total. The van der Waals surface area contributed by atoms with E-state index < -0.39 is 6.10 Å². The van der Waals surface area contributed by atoms with Gasteiger partial charge in [-0.2, -0.15) is 0 Å². The lowest BCUT2D eigenvalue weighted by molar-refractivity contribution is -0.167. The third-order valence-corrected chi connectivity index (χ3v) is 15.7. The van der Waals surface area contributed by atoms with Crippen LogP contribution in [0.2, 0.25) is 0 Å².